The van der Waals surface area contributed by atoms with Crippen molar-refractivity contribution in [1.29, 1.82) is 0 Å². The van der Waals surface area contributed by atoms with Crippen LogP contribution in [0.4, 0.5) is 0 Å². The Morgan fingerprint density at radius 2 is 2.07 bits per heavy atom. The molecule has 0 aromatic carbocycles. The van der Waals surface area contributed by atoms with Crippen LogP contribution in [0, 0.1) is 6.92 Å². The SMILES string of the molecule is CCCCCOc1ccnc(CC)c1C. The van der Waals surface area contributed by atoms with Crippen molar-refractivity contribution in [2.45, 2.75) is 46.5 Å². The summed E-state index contributed by atoms with van der Waals surface area (Å²) in [6.07, 6.45) is 6.42. The van der Waals surface area contributed by atoms with Crippen LogP contribution in [0.25, 0.3) is 0 Å². The molecule has 0 aliphatic rings. The Labute approximate surface area is 92.7 Å². The second kappa shape index (κ2) is 6.44. The summed E-state index contributed by atoms with van der Waals surface area (Å²) in [5.74, 6) is 0.998. The molecule has 2 heteroatoms. The fourth-order valence-electron chi connectivity index (χ4n) is 1.61. The normalized spacial score (nSPS) is 10.3. The summed E-state index contributed by atoms with van der Waals surface area (Å²) in [5.41, 5.74) is 2.33. The Morgan fingerprint density at radius 1 is 1.27 bits per heavy atom. The number of hydrogen-bond acceptors (Lipinski definition) is 2. The zero-order valence-corrected chi connectivity index (χ0v) is 10.0. The van der Waals surface area contributed by atoms with Crippen LogP contribution in [0.2, 0.25) is 0 Å². The third-order valence-electron chi connectivity index (χ3n) is 2.60. The molecule has 1 aromatic heterocycles. The maximum Gasteiger partial charge on any atom is 0.125 e. The van der Waals surface area contributed by atoms with E-state index >= 15 is 0 Å². The highest BCUT2D eigenvalue weighted by atomic mass is 16.5. The highest BCUT2D eigenvalue weighted by Crippen LogP contribution is 2.19. The van der Waals surface area contributed by atoms with Crippen LogP contribution in [0.5, 0.6) is 5.75 Å². The predicted molar refractivity (Wildman–Crippen MR) is 63.4 cm³/mol. The fourth-order valence-corrected chi connectivity index (χ4v) is 1.61. The van der Waals surface area contributed by atoms with Crippen molar-refractivity contribution in [3.63, 3.8) is 0 Å². The molecule has 0 N–H and O–H groups in total. The molecule has 1 aromatic rings. The van der Waals surface area contributed by atoms with Crippen LogP contribution in [0.3, 0.4) is 0 Å². The molecule has 2 nitrogen and oxygen atoms in total. The topological polar surface area (TPSA) is 22.1 Å². The number of pyridine rings is 1. The average Bonchev–Trinajstić information content (AvgIpc) is 2.26. The first kappa shape index (κ1) is 12.0. The van der Waals surface area contributed by atoms with Crippen molar-refractivity contribution >= 4 is 0 Å². The molecule has 84 valence electrons. The molecule has 0 fully saturated rings. The summed E-state index contributed by atoms with van der Waals surface area (Å²) in [4.78, 5) is 4.32. The van der Waals surface area contributed by atoms with Gasteiger partial charge in [0.05, 0.1) is 6.61 Å². The zero-order valence-electron chi connectivity index (χ0n) is 10.0. The standard InChI is InChI=1S/C13H21NO/c1-4-6-7-10-15-13-8-9-14-12(5-2)11(13)3/h8-9H,4-7,10H2,1-3H3. The molecule has 1 heterocycles. The summed E-state index contributed by atoms with van der Waals surface area (Å²) >= 11 is 0. The Balaban J connectivity index is 2.53. The largest absolute Gasteiger partial charge is 0.493 e. The summed E-state index contributed by atoms with van der Waals surface area (Å²) in [6, 6.07) is 1.96. The van der Waals surface area contributed by atoms with Crippen molar-refractivity contribution in [3.05, 3.63) is 23.5 Å². The molecule has 0 aliphatic heterocycles. The lowest BCUT2D eigenvalue weighted by molar-refractivity contribution is 0.303. The van der Waals surface area contributed by atoms with E-state index in [2.05, 4.69) is 25.8 Å². The van der Waals surface area contributed by atoms with Gasteiger partial charge in [-0.15, -0.1) is 0 Å². The molecule has 0 unspecified atom stereocenters. The molecule has 0 amide bonds. The molecule has 1 rings (SSSR count). The van der Waals surface area contributed by atoms with Crippen LogP contribution in [-0.2, 0) is 6.42 Å². The summed E-state index contributed by atoms with van der Waals surface area (Å²) in [5, 5.41) is 0. The lowest BCUT2D eigenvalue weighted by Gasteiger charge is -2.10. The van der Waals surface area contributed by atoms with Gasteiger partial charge in [-0.25, -0.2) is 0 Å². The van der Waals surface area contributed by atoms with E-state index in [-0.39, 0.29) is 0 Å². The number of unbranched alkanes of at least 4 members (excludes halogenated alkanes) is 2. The van der Waals surface area contributed by atoms with E-state index in [9.17, 15) is 0 Å². The van der Waals surface area contributed by atoms with E-state index in [1.807, 2.05) is 12.3 Å². The minimum Gasteiger partial charge on any atom is -0.493 e. The molecule has 15 heavy (non-hydrogen) atoms. The lowest BCUT2D eigenvalue weighted by Crippen LogP contribution is -2.01. The summed E-state index contributed by atoms with van der Waals surface area (Å²) < 4.78 is 5.74. The quantitative estimate of drug-likeness (QED) is 0.666. The monoisotopic (exact) mass is 207 g/mol. The minimum atomic E-state index is 0.821. The number of hydrogen-bond donors (Lipinski definition) is 0. The second-order valence-corrected chi connectivity index (χ2v) is 3.79. The van der Waals surface area contributed by atoms with Crippen LogP contribution in [-0.4, -0.2) is 11.6 Å². The minimum absolute atomic E-state index is 0.821. The van der Waals surface area contributed by atoms with Crippen LogP contribution >= 0.6 is 0 Å². The highest BCUT2D eigenvalue weighted by molar-refractivity contribution is 5.34. The van der Waals surface area contributed by atoms with E-state index in [1.165, 1.54) is 18.4 Å². The van der Waals surface area contributed by atoms with Gasteiger partial charge in [-0.3, -0.25) is 4.98 Å². The summed E-state index contributed by atoms with van der Waals surface area (Å²) in [7, 11) is 0. The van der Waals surface area contributed by atoms with Gasteiger partial charge < -0.3 is 4.74 Å². The number of rotatable bonds is 6. The van der Waals surface area contributed by atoms with Gasteiger partial charge in [-0.05, 0) is 25.8 Å². The van der Waals surface area contributed by atoms with Crippen LogP contribution < -0.4 is 4.74 Å². The third kappa shape index (κ3) is 3.54. The molecule has 0 spiro atoms. The zero-order chi connectivity index (χ0) is 11.1. The van der Waals surface area contributed by atoms with Gasteiger partial charge in [0.2, 0.25) is 0 Å². The molecule has 0 aliphatic carbocycles. The number of ether oxygens (including phenoxy) is 1. The van der Waals surface area contributed by atoms with Gasteiger partial charge in [0.1, 0.15) is 5.75 Å². The molecular formula is C13H21NO. The molecule has 0 saturated heterocycles. The molecule has 0 atom stereocenters. The van der Waals surface area contributed by atoms with Gasteiger partial charge in [-0.1, -0.05) is 26.7 Å². The van der Waals surface area contributed by atoms with Crippen LogP contribution in [0.15, 0.2) is 12.3 Å². The molecular weight excluding hydrogens is 186 g/mol. The number of aromatic nitrogens is 1. The first-order valence-electron chi connectivity index (χ1n) is 5.86. The molecule has 0 bridgehead atoms. The van der Waals surface area contributed by atoms with Crippen molar-refractivity contribution in [2.75, 3.05) is 6.61 Å². The van der Waals surface area contributed by atoms with Gasteiger partial charge >= 0.3 is 0 Å². The van der Waals surface area contributed by atoms with Crippen molar-refractivity contribution in [1.82, 2.24) is 4.98 Å². The molecule has 0 saturated carbocycles. The highest BCUT2D eigenvalue weighted by Gasteiger charge is 2.03. The fraction of sp³-hybridized carbons (Fsp3) is 0.615. The first-order chi connectivity index (χ1) is 7.29. The Morgan fingerprint density at radius 3 is 2.73 bits per heavy atom. The third-order valence-corrected chi connectivity index (χ3v) is 2.60. The maximum atomic E-state index is 5.74. The number of nitrogens with zero attached hydrogens (tertiary/aromatic N) is 1. The first-order valence-corrected chi connectivity index (χ1v) is 5.86. The lowest BCUT2D eigenvalue weighted by atomic mass is 10.1. The van der Waals surface area contributed by atoms with E-state index in [4.69, 9.17) is 4.74 Å². The van der Waals surface area contributed by atoms with Crippen molar-refractivity contribution in [2.24, 2.45) is 0 Å². The maximum absolute atomic E-state index is 5.74. The van der Waals surface area contributed by atoms with E-state index in [1.54, 1.807) is 0 Å². The van der Waals surface area contributed by atoms with Gasteiger partial charge in [0, 0.05) is 17.5 Å². The molecule has 0 radical (unpaired) electrons. The predicted octanol–water partition coefficient (Wildman–Crippen LogP) is 3.52. The second-order valence-electron chi connectivity index (χ2n) is 3.79. The van der Waals surface area contributed by atoms with Crippen molar-refractivity contribution in [3.8, 4) is 5.75 Å². The Kier molecular flexibility index (Phi) is 5.16. The Hall–Kier alpha value is -1.05. The summed E-state index contributed by atoms with van der Waals surface area (Å²) in [6.45, 7) is 7.23. The van der Waals surface area contributed by atoms with Crippen molar-refractivity contribution < 1.29 is 4.74 Å². The van der Waals surface area contributed by atoms with E-state index < -0.39 is 0 Å². The van der Waals surface area contributed by atoms with E-state index in [0.717, 1.165) is 30.9 Å². The van der Waals surface area contributed by atoms with Gasteiger partial charge in [0.15, 0.2) is 0 Å². The van der Waals surface area contributed by atoms with Crippen LogP contribution in [0.1, 0.15) is 44.4 Å². The van der Waals surface area contributed by atoms with E-state index in [0.29, 0.717) is 0 Å². The smallest absolute Gasteiger partial charge is 0.125 e. The Bertz CT molecular complexity index is 297. The average molecular weight is 207 g/mol. The van der Waals surface area contributed by atoms with Gasteiger partial charge in [-0.2, -0.15) is 0 Å². The number of aryl methyl sites for hydroxylation is 1. The van der Waals surface area contributed by atoms with Gasteiger partial charge in [0.25, 0.3) is 0 Å².